The van der Waals surface area contributed by atoms with Crippen LogP contribution < -0.4 is 0 Å². The van der Waals surface area contributed by atoms with Crippen molar-refractivity contribution < 1.29 is 9.90 Å². The zero-order valence-corrected chi connectivity index (χ0v) is 6.70. The molecule has 4 heteroatoms. The molecular weight excluding hydrogens is 141 g/mol. The molecule has 3 nitrogen and oxygen atoms in total. The maximum atomic E-state index is 10.2. The Kier molecular flexibility index (Phi) is 3.59. The summed E-state index contributed by atoms with van der Waals surface area (Å²) in [6.07, 6.45) is 3.49. The minimum Gasteiger partial charge on any atom is -0.393 e. The van der Waals surface area contributed by atoms with E-state index in [-0.39, 0.29) is 6.10 Å². The average Bonchev–Trinajstić information content (AvgIpc) is 2.17. The van der Waals surface area contributed by atoms with Crippen LogP contribution in [0.4, 0.5) is 0 Å². The van der Waals surface area contributed by atoms with Crippen molar-refractivity contribution in [2.45, 2.75) is 25.4 Å². The molecule has 1 fully saturated rings. The summed E-state index contributed by atoms with van der Waals surface area (Å²) in [5.74, 6) is 0. The van der Waals surface area contributed by atoms with E-state index in [2.05, 4.69) is 4.81 Å². The van der Waals surface area contributed by atoms with Crippen LogP contribution in [0.25, 0.3) is 0 Å². The Balaban J connectivity index is 2.27. The maximum Gasteiger partial charge on any atom is 0.281 e. The standard InChI is InChI=1S/C7H14BNO2/c10-6-8-9-4-1-2-7(11)3-5-9/h6-8,11H,1-5H2/t7-/m1/s1. The van der Waals surface area contributed by atoms with E-state index in [1.807, 2.05) is 0 Å². The van der Waals surface area contributed by atoms with Crippen molar-refractivity contribution >= 4 is 13.6 Å². The van der Waals surface area contributed by atoms with Crippen molar-refractivity contribution in [3.8, 4) is 0 Å². The average molecular weight is 155 g/mol. The minimum atomic E-state index is -0.147. The molecule has 0 radical (unpaired) electrons. The summed E-state index contributed by atoms with van der Waals surface area (Å²) >= 11 is 0. The smallest absolute Gasteiger partial charge is 0.281 e. The third-order valence-electron chi connectivity index (χ3n) is 2.12. The molecule has 62 valence electrons. The van der Waals surface area contributed by atoms with Crippen LogP contribution in [-0.2, 0) is 4.79 Å². The number of rotatable bonds is 2. The van der Waals surface area contributed by atoms with Gasteiger partial charge in [0.2, 0.25) is 0 Å². The lowest BCUT2D eigenvalue weighted by Gasteiger charge is -2.14. The first kappa shape index (κ1) is 8.75. The second-order valence-corrected chi connectivity index (χ2v) is 3.05. The monoisotopic (exact) mass is 155 g/mol. The van der Waals surface area contributed by atoms with E-state index < -0.39 is 0 Å². The van der Waals surface area contributed by atoms with Gasteiger partial charge in [0.1, 0.15) is 0 Å². The van der Waals surface area contributed by atoms with Gasteiger partial charge in [0.15, 0.2) is 0 Å². The fraction of sp³-hybridized carbons (Fsp3) is 0.857. The van der Waals surface area contributed by atoms with Crippen molar-refractivity contribution in [1.29, 1.82) is 0 Å². The first-order valence-electron chi connectivity index (χ1n) is 4.17. The Labute approximate surface area is 67.6 Å². The summed E-state index contributed by atoms with van der Waals surface area (Å²) in [7, 11) is 0.521. The van der Waals surface area contributed by atoms with Crippen LogP contribution in [-0.4, -0.2) is 42.7 Å². The van der Waals surface area contributed by atoms with Gasteiger partial charge in [-0.1, -0.05) is 0 Å². The fourth-order valence-electron chi connectivity index (χ4n) is 1.43. The SMILES string of the molecule is O=CBN1CCC[C@@H](O)CC1. The van der Waals surface area contributed by atoms with Crippen LogP contribution in [0.2, 0.25) is 0 Å². The summed E-state index contributed by atoms with van der Waals surface area (Å²) < 4.78 is 0. The van der Waals surface area contributed by atoms with Gasteiger partial charge in [-0.25, -0.2) is 0 Å². The number of aliphatic hydroxyl groups excluding tert-OH is 1. The largest absolute Gasteiger partial charge is 0.393 e. The summed E-state index contributed by atoms with van der Waals surface area (Å²) in [5, 5.41) is 9.26. The highest BCUT2D eigenvalue weighted by molar-refractivity contribution is 6.64. The summed E-state index contributed by atoms with van der Waals surface area (Å²) in [5.41, 5.74) is 0. The van der Waals surface area contributed by atoms with Crippen molar-refractivity contribution in [2.75, 3.05) is 13.1 Å². The zero-order chi connectivity index (χ0) is 8.10. The third kappa shape index (κ3) is 3.03. The quantitative estimate of drug-likeness (QED) is 0.426. The lowest BCUT2D eigenvalue weighted by molar-refractivity contribution is 0.159. The molecule has 0 saturated carbocycles. The van der Waals surface area contributed by atoms with Gasteiger partial charge < -0.3 is 14.7 Å². The van der Waals surface area contributed by atoms with E-state index in [1.54, 1.807) is 0 Å². The lowest BCUT2D eigenvalue weighted by Crippen LogP contribution is -2.30. The highest BCUT2D eigenvalue weighted by atomic mass is 16.3. The molecule has 0 unspecified atom stereocenters. The molecule has 0 aliphatic carbocycles. The molecule has 0 aromatic heterocycles. The molecule has 1 aliphatic heterocycles. The van der Waals surface area contributed by atoms with Gasteiger partial charge in [0, 0.05) is 0 Å². The number of hydrogen-bond acceptors (Lipinski definition) is 3. The lowest BCUT2D eigenvalue weighted by atomic mass is 9.94. The number of aliphatic hydroxyl groups is 1. The van der Waals surface area contributed by atoms with Gasteiger partial charge in [-0.05, 0) is 32.4 Å². The first-order chi connectivity index (χ1) is 5.33. The van der Waals surface area contributed by atoms with Crippen LogP contribution in [0.5, 0.6) is 0 Å². The molecule has 0 aromatic carbocycles. The minimum absolute atomic E-state index is 0.147. The van der Waals surface area contributed by atoms with Gasteiger partial charge in [-0.3, -0.25) is 0 Å². The summed E-state index contributed by atoms with van der Waals surface area (Å²) in [6, 6.07) is 0. The molecule has 1 N–H and O–H groups in total. The van der Waals surface area contributed by atoms with Crippen LogP contribution in [0.15, 0.2) is 0 Å². The van der Waals surface area contributed by atoms with E-state index in [1.165, 1.54) is 0 Å². The van der Waals surface area contributed by atoms with Crippen LogP contribution in [0.3, 0.4) is 0 Å². The molecule has 1 saturated heterocycles. The molecule has 1 heterocycles. The zero-order valence-electron chi connectivity index (χ0n) is 6.70. The van der Waals surface area contributed by atoms with Crippen molar-refractivity contribution in [2.24, 2.45) is 0 Å². The molecule has 1 atom stereocenters. The highest BCUT2D eigenvalue weighted by Crippen LogP contribution is 2.08. The van der Waals surface area contributed by atoms with E-state index >= 15 is 0 Å². The predicted molar refractivity (Wildman–Crippen MR) is 45.3 cm³/mol. The first-order valence-corrected chi connectivity index (χ1v) is 4.17. The Morgan fingerprint density at radius 1 is 1.45 bits per heavy atom. The van der Waals surface area contributed by atoms with E-state index in [4.69, 9.17) is 0 Å². The Hall–Kier alpha value is -0.345. The molecular formula is C7H14BNO2. The summed E-state index contributed by atoms with van der Waals surface area (Å²) in [4.78, 5) is 12.2. The number of hydrogen-bond donors (Lipinski definition) is 1. The third-order valence-corrected chi connectivity index (χ3v) is 2.12. The second-order valence-electron chi connectivity index (χ2n) is 3.05. The van der Waals surface area contributed by atoms with E-state index in [9.17, 15) is 9.90 Å². The number of carbonyl (C=O) groups is 1. The summed E-state index contributed by atoms with van der Waals surface area (Å²) in [6.45, 7) is 1.82. The van der Waals surface area contributed by atoms with Crippen LogP contribution in [0.1, 0.15) is 19.3 Å². The van der Waals surface area contributed by atoms with Crippen molar-refractivity contribution in [3.63, 3.8) is 0 Å². The molecule has 0 aromatic rings. The molecule has 1 rings (SSSR count). The van der Waals surface area contributed by atoms with Crippen molar-refractivity contribution in [3.05, 3.63) is 0 Å². The van der Waals surface area contributed by atoms with Gasteiger partial charge in [0.05, 0.1) is 12.3 Å². The second kappa shape index (κ2) is 4.52. The van der Waals surface area contributed by atoms with E-state index in [0.717, 1.165) is 38.5 Å². The number of nitrogens with zero attached hydrogens (tertiary/aromatic N) is 1. The van der Waals surface area contributed by atoms with E-state index in [0.29, 0.717) is 7.41 Å². The molecule has 0 bridgehead atoms. The Morgan fingerprint density at radius 2 is 2.27 bits per heavy atom. The van der Waals surface area contributed by atoms with Gasteiger partial charge >= 0.3 is 0 Å². The molecule has 11 heavy (non-hydrogen) atoms. The van der Waals surface area contributed by atoms with Crippen LogP contribution >= 0.6 is 0 Å². The van der Waals surface area contributed by atoms with Gasteiger partial charge in [-0.2, -0.15) is 0 Å². The molecule has 0 spiro atoms. The predicted octanol–water partition coefficient (Wildman–Crippen LogP) is -0.625. The van der Waals surface area contributed by atoms with Gasteiger partial charge in [-0.15, -0.1) is 0 Å². The number of carbonyl (C=O) groups excluding carboxylic acids is 1. The normalized spacial score (nSPS) is 27.5. The van der Waals surface area contributed by atoms with Gasteiger partial charge in [0.25, 0.3) is 7.41 Å². The molecule has 1 aliphatic rings. The van der Waals surface area contributed by atoms with Crippen LogP contribution in [0, 0.1) is 0 Å². The maximum absolute atomic E-state index is 10.2. The topological polar surface area (TPSA) is 40.5 Å². The van der Waals surface area contributed by atoms with Crippen molar-refractivity contribution in [1.82, 2.24) is 4.81 Å². The Bertz CT molecular complexity index is 132. The highest BCUT2D eigenvalue weighted by Gasteiger charge is 2.14. The Morgan fingerprint density at radius 3 is 3.00 bits per heavy atom. The fourth-order valence-corrected chi connectivity index (χ4v) is 1.43. The molecule has 0 amide bonds.